The molecular formula is C48H64O13. The predicted molar refractivity (Wildman–Crippen MR) is 218 cm³/mol. The van der Waals surface area contributed by atoms with Crippen molar-refractivity contribution in [3.63, 3.8) is 0 Å². The van der Waals surface area contributed by atoms with Crippen LogP contribution in [0, 0.1) is 17.8 Å². The molecule has 10 saturated heterocycles. The van der Waals surface area contributed by atoms with Gasteiger partial charge in [-0.3, -0.25) is 4.79 Å². The van der Waals surface area contributed by atoms with Crippen LogP contribution in [0.5, 0.6) is 0 Å². The van der Waals surface area contributed by atoms with Crippen LogP contribution in [0.4, 0.5) is 0 Å². The smallest absolute Gasteiger partial charge is 0.338 e. The maximum Gasteiger partial charge on any atom is 0.338 e. The van der Waals surface area contributed by atoms with E-state index >= 15 is 0 Å². The van der Waals surface area contributed by atoms with Crippen molar-refractivity contribution >= 4 is 11.8 Å². The third-order valence-corrected chi connectivity index (χ3v) is 15.7. The van der Waals surface area contributed by atoms with E-state index in [1.54, 1.807) is 24.3 Å². The topological polar surface area (TPSA) is 158 Å². The number of fused-ring (bicyclic) bond motifs is 6. The minimum atomic E-state index is -0.974. The van der Waals surface area contributed by atoms with Crippen LogP contribution in [0.1, 0.15) is 113 Å². The lowest BCUT2D eigenvalue weighted by molar-refractivity contribution is -0.292. The van der Waals surface area contributed by atoms with Gasteiger partial charge in [0.1, 0.15) is 42.9 Å². The maximum atomic E-state index is 14.2. The Balaban J connectivity index is 0.870. The van der Waals surface area contributed by atoms with Gasteiger partial charge < -0.3 is 52.8 Å². The maximum absolute atomic E-state index is 14.2. The predicted octanol–water partition coefficient (Wildman–Crippen LogP) is 5.45. The molecule has 334 valence electrons. The number of ether oxygens (including phenoxy) is 9. The lowest BCUT2D eigenvalue weighted by Gasteiger charge is -2.47. The standard InChI is InChI=1S/C48H64O13/c1-24-15-32-9-11-36-25(2)16-34(54-36)13-14-48-21-41-43(60-48)44-45(59-41)46(61-48)42-37(58-44)12-10-33(56-42)17-30(50)18-35-27(4)38(57-40(35)20-39(55-32)26(24)3)19-31(51)23-53-47(52)29-7-5-28(22-49)6-8-29/h5-8,24,27,31-46,49,51H,2-3,9-23H2,1,4H3/t24-,27-,31+,32+,33-,34+,35-,36+,37+,38-,39-,40+,41-,42+,43+,44+,45-,46+,48+/m1/s1. The number of carbonyl (C=O) groups excluding carboxylic acids is 2. The molecule has 2 N–H and O–H groups in total. The number of esters is 1. The summed E-state index contributed by atoms with van der Waals surface area (Å²) in [6.45, 7) is 12.9. The number of Topliss-reactive ketones (excluding diaryl/α,β-unsaturated/α-hetero) is 1. The fourth-order valence-electron chi connectivity index (χ4n) is 12.3. The van der Waals surface area contributed by atoms with Crippen LogP contribution in [0.3, 0.4) is 0 Å². The molecule has 10 aliphatic heterocycles. The van der Waals surface area contributed by atoms with E-state index in [1.807, 2.05) is 0 Å². The van der Waals surface area contributed by atoms with Gasteiger partial charge in [-0.05, 0) is 91.5 Å². The highest BCUT2D eigenvalue weighted by molar-refractivity contribution is 5.89. The molecule has 13 heteroatoms. The van der Waals surface area contributed by atoms with Gasteiger partial charge in [0.05, 0.1) is 73.2 Å². The minimum absolute atomic E-state index is 0.0141. The third kappa shape index (κ3) is 8.35. The van der Waals surface area contributed by atoms with E-state index < -0.39 is 17.9 Å². The Bertz CT molecular complexity index is 1820. The van der Waals surface area contributed by atoms with Gasteiger partial charge in [0.25, 0.3) is 0 Å². The molecule has 0 aliphatic carbocycles. The molecule has 12 bridgehead atoms. The van der Waals surface area contributed by atoms with Gasteiger partial charge in [-0.15, -0.1) is 0 Å². The quantitative estimate of drug-likeness (QED) is 0.276. The molecule has 1 aromatic carbocycles. The van der Waals surface area contributed by atoms with Crippen LogP contribution in [0.2, 0.25) is 0 Å². The number of carbonyl (C=O) groups is 2. The third-order valence-electron chi connectivity index (χ3n) is 15.7. The van der Waals surface area contributed by atoms with Crippen molar-refractivity contribution in [3.8, 4) is 0 Å². The Hall–Kier alpha value is -2.56. The van der Waals surface area contributed by atoms with Crippen LogP contribution in [0.15, 0.2) is 48.6 Å². The zero-order valence-corrected chi connectivity index (χ0v) is 35.6. The zero-order chi connectivity index (χ0) is 42.2. The summed E-state index contributed by atoms with van der Waals surface area (Å²) in [5.74, 6) is -1.20. The monoisotopic (exact) mass is 848 g/mol. The van der Waals surface area contributed by atoms with Crippen LogP contribution < -0.4 is 0 Å². The first-order chi connectivity index (χ1) is 29.4. The van der Waals surface area contributed by atoms with Crippen LogP contribution in [0.25, 0.3) is 0 Å². The molecule has 0 aromatic heterocycles. The largest absolute Gasteiger partial charge is 0.459 e. The molecular weight excluding hydrogens is 785 g/mol. The van der Waals surface area contributed by atoms with Crippen molar-refractivity contribution in [2.45, 2.75) is 201 Å². The summed E-state index contributed by atoms with van der Waals surface area (Å²) in [6, 6.07) is 6.52. The van der Waals surface area contributed by atoms with Crippen molar-refractivity contribution in [1.29, 1.82) is 0 Å². The average molecular weight is 849 g/mol. The SMILES string of the molecule is C=C1C[C@@H]2CC[C@@]34C[C@H]5O[C@H]6[C@@H](O3)[C@H]3O[C@H](CC[C@@H]3O[C@H]6[C@H]5O4)CC(=O)C[C@@H]3[C@@H](C)[C@@H](C[C@H](O)COC(=O)c4ccc(CO)cc4)O[C@H]3C[C@H]3O[C@@H](CC[C@@H]1O2)C[C@@H](C)C3=C. The Labute approximate surface area is 358 Å². The van der Waals surface area contributed by atoms with Crippen molar-refractivity contribution in [2.75, 3.05) is 6.61 Å². The van der Waals surface area contributed by atoms with E-state index in [4.69, 9.17) is 42.6 Å². The summed E-state index contributed by atoms with van der Waals surface area (Å²) in [6.07, 6.45) is 4.46. The van der Waals surface area contributed by atoms with Crippen molar-refractivity contribution in [3.05, 3.63) is 59.7 Å². The molecule has 11 rings (SSSR count). The zero-order valence-electron chi connectivity index (χ0n) is 35.6. The average Bonchev–Trinajstić information content (AvgIpc) is 3.91. The normalized spacial score (nSPS) is 46.2. The van der Waals surface area contributed by atoms with Crippen LogP contribution in [-0.4, -0.2) is 126 Å². The molecule has 0 amide bonds. The molecule has 19 atom stereocenters. The summed E-state index contributed by atoms with van der Waals surface area (Å²) in [4.78, 5) is 27.0. The van der Waals surface area contributed by atoms with Gasteiger partial charge in [-0.25, -0.2) is 4.79 Å². The van der Waals surface area contributed by atoms with Gasteiger partial charge in [0.2, 0.25) is 0 Å². The van der Waals surface area contributed by atoms with E-state index in [-0.39, 0.29) is 135 Å². The van der Waals surface area contributed by atoms with E-state index in [0.717, 1.165) is 49.7 Å². The molecule has 1 aromatic rings. The van der Waals surface area contributed by atoms with Gasteiger partial charge >= 0.3 is 5.97 Å². The highest BCUT2D eigenvalue weighted by Crippen LogP contribution is 2.54. The van der Waals surface area contributed by atoms with Crippen LogP contribution in [-0.2, 0) is 54.0 Å². The number of rotatable bonds is 6. The minimum Gasteiger partial charge on any atom is -0.459 e. The second kappa shape index (κ2) is 17.1. The number of ketones is 1. The second-order valence-electron chi connectivity index (χ2n) is 19.8. The molecule has 1 spiro atoms. The highest BCUT2D eigenvalue weighted by atomic mass is 16.8. The summed E-state index contributed by atoms with van der Waals surface area (Å²) in [5, 5.41) is 20.5. The molecule has 10 aliphatic rings. The molecule has 13 nitrogen and oxygen atoms in total. The van der Waals surface area contributed by atoms with Crippen molar-refractivity contribution < 1.29 is 62.4 Å². The fourth-order valence-corrected chi connectivity index (χ4v) is 12.3. The summed E-state index contributed by atoms with van der Waals surface area (Å²) < 4.78 is 59.8. The van der Waals surface area contributed by atoms with E-state index in [2.05, 4.69) is 27.0 Å². The van der Waals surface area contributed by atoms with E-state index in [0.29, 0.717) is 43.2 Å². The van der Waals surface area contributed by atoms with Gasteiger partial charge in [-0.2, -0.15) is 0 Å². The van der Waals surface area contributed by atoms with Gasteiger partial charge in [-0.1, -0.05) is 39.1 Å². The first kappa shape index (κ1) is 42.4. The molecule has 10 heterocycles. The molecule has 0 radical (unpaired) electrons. The number of aliphatic hydroxyl groups excluding tert-OH is 2. The summed E-state index contributed by atoms with van der Waals surface area (Å²) in [7, 11) is 0. The van der Waals surface area contributed by atoms with E-state index in [9.17, 15) is 19.8 Å². The van der Waals surface area contributed by atoms with E-state index in [1.165, 1.54) is 0 Å². The Morgan fingerprint density at radius 3 is 2.34 bits per heavy atom. The second-order valence-corrected chi connectivity index (χ2v) is 19.8. The van der Waals surface area contributed by atoms with Crippen LogP contribution >= 0.6 is 0 Å². The number of benzene rings is 1. The number of hydrogen-bond acceptors (Lipinski definition) is 13. The summed E-state index contributed by atoms with van der Waals surface area (Å²) in [5.41, 5.74) is 3.19. The van der Waals surface area contributed by atoms with Crippen molar-refractivity contribution in [2.24, 2.45) is 17.8 Å². The van der Waals surface area contributed by atoms with Gasteiger partial charge in [0.15, 0.2) is 5.79 Å². The lowest BCUT2D eigenvalue weighted by atomic mass is 9.78. The highest BCUT2D eigenvalue weighted by Gasteiger charge is 2.68. The first-order valence-electron chi connectivity index (χ1n) is 23.1. The van der Waals surface area contributed by atoms with Gasteiger partial charge in [0, 0.05) is 38.5 Å². The number of hydrogen-bond donors (Lipinski definition) is 2. The lowest BCUT2D eigenvalue weighted by Crippen LogP contribution is -2.61. The molecule has 0 saturated carbocycles. The Morgan fingerprint density at radius 2 is 1.52 bits per heavy atom. The molecule has 10 fully saturated rings. The Kier molecular flexibility index (Phi) is 11.9. The molecule has 0 unspecified atom stereocenters. The fraction of sp³-hybridized carbons (Fsp3) is 0.750. The first-order valence-corrected chi connectivity index (χ1v) is 23.1. The molecule has 61 heavy (non-hydrogen) atoms. The Morgan fingerprint density at radius 1 is 0.787 bits per heavy atom. The number of aliphatic hydroxyl groups is 2. The van der Waals surface area contributed by atoms with Crippen molar-refractivity contribution in [1.82, 2.24) is 0 Å². The summed E-state index contributed by atoms with van der Waals surface area (Å²) >= 11 is 0.